The molecule has 2 aromatic heterocycles. The van der Waals surface area contributed by atoms with Gasteiger partial charge in [0.25, 0.3) is 0 Å². The van der Waals surface area contributed by atoms with Gasteiger partial charge < -0.3 is 14.3 Å². The summed E-state index contributed by atoms with van der Waals surface area (Å²) in [7, 11) is 0. The van der Waals surface area contributed by atoms with Crippen LogP contribution in [0.3, 0.4) is 0 Å². The minimum atomic E-state index is -0.171. The molecule has 23 heavy (non-hydrogen) atoms. The summed E-state index contributed by atoms with van der Waals surface area (Å²) in [6, 6.07) is 11.6. The van der Waals surface area contributed by atoms with Crippen molar-refractivity contribution >= 4 is 0 Å². The van der Waals surface area contributed by atoms with Gasteiger partial charge in [-0.2, -0.15) is 0 Å². The molecule has 0 amide bonds. The number of hydrogen-bond acceptors (Lipinski definition) is 5. The lowest BCUT2D eigenvalue weighted by Gasteiger charge is -2.08. The van der Waals surface area contributed by atoms with Crippen LogP contribution in [-0.4, -0.2) is 26.7 Å². The molecule has 1 N–H and O–H groups in total. The molecule has 1 aromatic carbocycles. The molecule has 3 rings (SSSR count). The Morgan fingerprint density at radius 2 is 2.17 bits per heavy atom. The van der Waals surface area contributed by atoms with Gasteiger partial charge in [0.05, 0.1) is 19.5 Å². The molecule has 3 aromatic rings. The average Bonchev–Trinajstić information content (AvgIpc) is 3.20. The van der Waals surface area contributed by atoms with Crippen LogP contribution in [0, 0.1) is 6.92 Å². The molecule has 0 unspecified atom stereocenters. The maximum atomic E-state index is 9.39. The first-order valence-corrected chi connectivity index (χ1v) is 7.54. The van der Waals surface area contributed by atoms with Crippen molar-refractivity contribution in [3.63, 3.8) is 0 Å². The van der Waals surface area contributed by atoms with Gasteiger partial charge in [-0.1, -0.05) is 17.3 Å². The summed E-state index contributed by atoms with van der Waals surface area (Å²) >= 11 is 0. The van der Waals surface area contributed by atoms with Gasteiger partial charge in [-0.05, 0) is 36.8 Å². The van der Waals surface area contributed by atoms with Gasteiger partial charge in [0, 0.05) is 13.0 Å². The van der Waals surface area contributed by atoms with Crippen LogP contribution in [0.5, 0.6) is 5.75 Å². The summed E-state index contributed by atoms with van der Waals surface area (Å²) in [5.41, 5.74) is 2.40. The first kappa shape index (κ1) is 15.3. The standard InChI is InChI=1S/C17H19N3O3/c1-13-5-2-6-14(11-13)22-10-4-8-20-17(15(12-21)18-19-20)16-7-3-9-23-16/h2-3,5-7,9,11,21H,4,8,10,12H2,1H3. The zero-order valence-corrected chi connectivity index (χ0v) is 13.0. The molecule has 0 aliphatic carbocycles. The molecule has 0 fully saturated rings. The average molecular weight is 313 g/mol. The minimum absolute atomic E-state index is 0.171. The van der Waals surface area contributed by atoms with Gasteiger partial charge in [0.2, 0.25) is 0 Å². The maximum Gasteiger partial charge on any atom is 0.153 e. The van der Waals surface area contributed by atoms with Crippen LogP contribution in [-0.2, 0) is 13.2 Å². The van der Waals surface area contributed by atoms with E-state index in [9.17, 15) is 5.11 Å². The quantitative estimate of drug-likeness (QED) is 0.679. The molecule has 0 saturated carbocycles. The molecule has 0 atom stereocenters. The second-order valence-electron chi connectivity index (χ2n) is 5.26. The zero-order valence-electron chi connectivity index (χ0n) is 13.0. The number of ether oxygens (including phenoxy) is 1. The van der Waals surface area contributed by atoms with Crippen LogP contribution in [0.2, 0.25) is 0 Å². The van der Waals surface area contributed by atoms with Crippen LogP contribution in [0.1, 0.15) is 17.7 Å². The van der Waals surface area contributed by atoms with Crippen molar-refractivity contribution in [3.05, 3.63) is 53.9 Å². The van der Waals surface area contributed by atoms with E-state index in [0.717, 1.165) is 12.2 Å². The van der Waals surface area contributed by atoms with Crippen molar-refractivity contribution in [2.45, 2.75) is 26.5 Å². The van der Waals surface area contributed by atoms with Crippen LogP contribution in [0.4, 0.5) is 0 Å². The summed E-state index contributed by atoms with van der Waals surface area (Å²) < 4.78 is 12.9. The Morgan fingerprint density at radius 1 is 1.26 bits per heavy atom. The number of aliphatic hydroxyl groups is 1. The normalized spacial score (nSPS) is 10.9. The summed E-state index contributed by atoms with van der Waals surface area (Å²) in [5, 5.41) is 17.5. The van der Waals surface area contributed by atoms with E-state index in [1.807, 2.05) is 37.3 Å². The van der Waals surface area contributed by atoms with E-state index in [1.165, 1.54) is 5.56 Å². The lowest BCUT2D eigenvalue weighted by molar-refractivity contribution is 0.277. The van der Waals surface area contributed by atoms with Gasteiger partial charge in [-0.25, -0.2) is 4.68 Å². The fourth-order valence-electron chi connectivity index (χ4n) is 2.40. The van der Waals surface area contributed by atoms with E-state index < -0.39 is 0 Å². The number of nitrogens with zero attached hydrogens (tertiary/aromatic N) is 3. The van der Waals surface area contributed by atoms with Crippen molar-refractivity contribution in [3.8, 4) is 17.2 Å². The van der Waals surface area contributed by atoms with E-state index in [1.54, 1.807) is 17.0 Å². The molecule has 6 nitrogen and oxygen atoms in total. The summed E-state index contributed by atoms with van der Waals surface area (Å²) in [4.78, 5) is 0. The highest BCUT2D eigenvalue weighted by atomic mass is 16.5. The SMILES string of the molecule is Cc1cccc(OCCCn2nnc(CO)c2-c2ccco2)c1. The molecule has 0 aliphatic rings. The lowest BCUT2D eigenvalue weighted by atomic mass is 10.2. The van der Waals surface area contributed by atoms with Crippen LogP contribution < -0.4 is 4.74 Å². The van der Waals surface area contributed by atoms with Crippen LogP contribution in [0.15, 0.2) is 47.1 Å². The Kier molecular flexibility index (Phi) is 4.73. The summed E-state index contributed by atoms with van der Waals surface area (Å²) in [6.07, 6.45) is 2.37. The highest BCUT2D eigenvalue weighted by molar-refractivity contribution is 5.54. The molecular weight excluding hydrogens is 294 g/mol. The molecule has 0 bridgehead atoms. The third-order valence-electron chi connectivity index (χ3n) is 3.48. The third kappa shape index (κ3) is 3.60. The number of benzene rings is 1. The van der Waals surface area contributed by atoms with Crippen molar-refractivity contribution in [2.24, 2.45) is 0 Å². The molecule has 0 saturated heterocycles. The zero-order chi connectivity index (χ0) is 16.1. The highest BCUT2D eigenvalue weighted by Crippen LogP contribution is 2.23. The Hall–Kier alpha value is -2.60. The molecule has 0 spiro atoms. The van der Waals surface area contributed by atoms with E-state index in [4.69, 9.17) is 9.15 Å². The number of furan rings is 1. The van der Waals surface area contributed by atoms with Gasteiger partial charge in [0.15, 0.2) is 5.76 Å². The van der Waals surface area contributed by atoms with Crippen molar-refractivity contribution in [1.29, 1.82) is 0 Å². The number of aliphatic hydroxyl groups excluding tert-OH is 1. The molecule has 0 radical (unpaired) electrons. The fourth-order valence-corrected chi connectivity index (χ4v) is 2.40. The van der Waals surface area contributed by atoms with Crippen molar-refractivity contribution in [1.82, 2.24) is 15.0 Å². The second-order valence-corrected chi connectivity index (χ2v) is 5.26. The van der Waals surface area contributed by atoms with E-state index in [2.05, 4.69) is 10.3 Å². The first-order chi connectivity index (χ1) is 11.3. The van der Waals surface area contributed by atoms with E-state index in [0.29, 0.717) is 30.3 Å². The Bertz CT molecular complexity index is 750. The topological polar surface area (TPSA) is 73.3 Å². The molecule has 6 heteroatoms. The fraction of sp³-hybridized carbons (Fsp3) is 0.294. The molecule has 120 valence electrons. The summed E-state index contributed by atoms with van der Waals surface area (Å²) in [6.45, 7) is 3.08. The Balaban J connectivity index is 1.61. The van der Waals surface area contributed by atoms with E-state index >= 15 is 0 Å². The molecule has 0 aliphatic heterocycles. The van der Waals surface area contributed by atoms with Crippen molar-refractivity contribution in [2.75, 3.05) is 6.61 Å². The monoisotopic (exact) mass is 313 g/mol. The smallest absolute Gasteiger partial charge is 0.153 e. The largest absolute Gasteiger partial charge is 0.494 e. The summed E-state index contributed by atoms with van der Waals surface area (Å²) in [5.74, 6) is 1.52. The number of rotatable bonds is 7. The predicted octanol–water partition coefficient (Wildman–Crippen LogP) is 2.81. The van der Waals surface area contributed by atoms with Gasteiger partial charge in [-0.15, -0.1) is 5.10 Å². The maximum absolute atomic E-state index is 9.39. The van der Waals surface area contributed by atoms with Crippen LogP contribution in [0.25, 0.3) is 11.5 Å². The Labute approximate surface area is 134 Å². The van der Waals surface area contributed by atoms with Gasteiger partial charge in [-0.3, -0.25) is 0 Å². The lowest BCUT2D eigenvalue weighted by Crippen LogP contribution is -2.07. The molecule has 2 heterocycles. The Morgan fingerprint density at radius 3 is 2.91 bits per heavy atom. The minimum Gasteiger partial charge on any atom is -0.494 e. The third-order valence-corrected chi connectivity index (χ3v) is 3.48. The number of aromatic nitrogens is 3. The highest BCUT2D eigenvalue weighted by Gasteiger charge is 2.16. The number of aryl methyl sites for hydroxylation is 2. The van der Waals surface area contributed by atoms with E-state index in [-0.39, 0.29) is 6.61 Å². The predicted molar refractivity (Wildman–Crippen MR) is 84.9 cm³/mol. The van der Waals surface area contributed by atoms with Gasteiger partial charge in [0.1, 0.15) is 17.1 Å². The van der Waals surface area contributed by atoms with Gasteiger partial charge >= 0.3 is 0 Å². The first-order valence-electron chi connectivity index (χ1n) is 7.54. The molecular formula is C17H19N3O3. The number of hydrogen-bond donors (Lipinski definition) is 1. The van der Waals surface area contributed by atoms with Crippen LogP contribution >= 0.6 is 0 Å². The second kappa shape index (κ2) is 7.11. The van der Waals surface area contributed by atoms with Crippen molar-refractivity contribution < 1.29 is 14.3 Å².